The number of carbonyl (C=O) groups excluding carboxylic acids is 2. The Balaban J connectivity index is 1.65. The van der Waals surface area contributed by atoms with Crippen molar-refractivity contribution in [3.8, 4) is 5.75 Å². The molecule has 0 amide bonds. The second kappa shape index (κ2) is 7.79. The molecule has 8 heteroatoms. The average Bonchev–Trinajstić information content (AvgIpc) is 3.25. The van der Waals surface area contributed by atoms with Gasteiger partial charge in [0.1, 0.15) is 30.2 Å². The van der Waals surface area contributed by atoms with Gasteiger partial charge in [0.25, 0.3) is 0 Å². The molecule has 0 bridgehead atoms. The van der Waals surface area contributed by atoms with Gasteiger partial charge in [-0.15, -0.1) is 0 Å². The van der Waals surface area contributed by atoms with Crippen molar-refractivity contribution < 1.29 is 28.9 Å². The lowest BCUT2D eigenvalue weighted by Gasteiger charge is -2.41. The SMILES string of the molecule is COc1cc2c(cc1N1CCNC(C(=O)C3CCCO3)C1O)C(=O)C(C)OC2. The highest BCUT2D eigenvalue weighted by atomic mass is 16.5. The van der Waals surface area contributed by atoms with Gasteiger partial charge in [0, 0.05) is 25.3 Å². The Hall–Kier alpha value is -2.00. The molecule has 4 unspecified atom stereocenters. The third-order valence-corrected chi connectivity index (χ3v) is 5.73. The number of benzene rings is 1. The summed E-state index contributed by atoms with van der Waals surface area (Å²) < 4.78 is 16.5. The number of rotatable bonds is 4. The number of Topliss-reactive ketones (excluding diaryl/α,β-unsaturated/α-hetero) is 2. The number of fused-ring (bicyclic) bond motifs is 1. The van der Waals surface area contributed by atoms with Crippen LogP contribution >= 0.6 is 0 Å². The van der Waals surface area contributed by atoms with Crippen LogP contribution in [0.25, 0.3) is 0 Å². The maximum Gasteiger partial charge on any atom is 0.191 e. The van der Waals surface area contributed by atoms with Gasteiger partial charge in [-0.05, 0) is 37.5 Å². The minimum atomic E-state index is -1.08. The van der Waals surface area contributed by atoms with Gasteiger partial charge in [0.05, 0.1) is 19.4 Å². The van der Waals surface area contributed by atoms with Gasteiger partial charge in [0.2, 0.25) is 0 Å². The Kier molecular flexibility index (Phi) is 5.37. The number of nitrogens with one attached hydrogen (secondary N) is 1. The molecule has 3 heterocycles. The van der Waals surface area contributed by atoms with Crippen LogP contribution in [0.2, 0.25) is 0 Å². The monoisotopic (exact) mass is 390 g/mol. The van der Waals surface area contributed by atoms with Crippen LogP contribution in [0.1, 0.15) is 35.7 Å². The summed E-state index contributed by atoms with van der Waals surface area (Å²) in [6.07, 6.45) is -0.528. The van der Waals surface area contributed by atoms with Crippen molar-refractivity contribution in [2.24, 2.45) is 0 Å². The lowest BCUT2D eigenvalue weighted by atomic mass is 9.95. The zero-order chi connectivity index (χ0) is 19.8. The van der Waals surface area contributed by atoms with E-state index in [0.29, 0.717) is 49.7 Å². The van der Waals surface area contributed by atoms with Gasteiger partial charge < -0.3 is 29.5 Å². The Labute approximate surface area is 163 Å². The van der Waals surface area contributed by atoms with Gasteiger partial charge in [-0.1, -0.05) is 0 Å². The summed E-state index contributed by atoms with van der Waals surface area (Å²) >= 11 is 0. The largest absolute Gasteiger partial charge is 0.495 e. The summed E-state index contributed by atoms with van der Waals surface area (Å²) in [6, 6.07) is 2.77. The third kappa shape index (κ3) is 3.30. The number of methoxy groups -OCH3 is 1. The molecule has 0 radical (unpaired) electrons. The van der Waals surface area contributed by atoms with E-state index in [4.69, 9.17) is 14.2 Å². The van der Waals surface area contributed by atoms with Gasteiger partial charge in [-0.3, -0.25) is 9.59 Å². The average molecular weight is 390 g/mol. The van der Waals surface area contributed by atoms with E-state index in [1.54, 1.807) is 31.1 Å². The molecule has 4 atom stereocenters. The standard InChI is InChI=1S/C20H26N2O6/c1-11-18(23)13-9-14(16(26-2)8-12(13)10-28-11)22-6-5-21-17(20(22)25)19(24)15-4-3-7-27-15/h8-9,11,15,17,20-21,25H,3-7,10H2,1-2H3. The number of anilines is 1. The van der Waals surface area contributed by atoms with Gasteiger partial charge >= 0.3 is 0 Å². The lowest BCUT2D eigenvalue weighted by molar-refractivity contribution is -0.133. The van der Waals surface area contributed by atoms with Crippen molar-refractivity contribution in [3.63, 3.8) is 0 Å². The minimum absolute atomic E-state index is 0.0956. The molecule has 2 N–H and O–H groups in total. The van der Waals surface area contributed by atoms with Crippen molar-refractivity contribution in [2.75, 3.05) is 31.7 Å². The van der Waals surface area contributed by atoms with E-state index in [0.717, 1.165) is 12.0 Å². The number of nitrogens with zero attached hydrogens (tertiary/aromatic N) is 1. The lowest BCUT2D eigenvalue weighted by Crippen LogP contribution is -2.63. The van der Waals surface area contributed by atoms with Crippen LogP contribution in [-0.4, -0.2) is 68.0 Å². The third-order valence-electron chi connectivity index (χ3n) is 5.73. The Morgan fingerprint density at radius 2 is 2.18 bits per heavy atom. The molecular weight excluding hydrogens is 364 g/mol. The van der Waals surface area contributed by atoms with Crippen LogP contribution in [0.5, 0.6) is 5.75 Å². The number of ketones is 2. The van der Waals surface area contributed by atoms with Gasteiger partial charge in [-0.25, -0.2) is 0 Å². The summed E-state index contributed by atoms with van der Waals surface area (Å²) in [4.78, 5) is 27.1. The van der Waals surface area contributed by atoms with Crippen molar-refractivity contribution in [2.45, 2.75) is 50.8 Å². The van der Waals surface area contributed by atoms with E-state index >= 15 is 0 Å². The molecule has 0 aliphatic carbocycles. The van der Waals surface area contributed by atoms with Crippen LogP contribution in [0.15, 0.2) is 12.1 Å². The topological polar surface area (TPSA) is 97.3 Å². The smallest absolute Gasteiger partial charge is 0.191 e. The second-order valence-electron chi connectivity index (χ2n) is 7.44. The van der Waals surface area contributed by atoms with Crippen LogP contribution < -0.4 is 15.0 Å². The zero-order valence-electron chi connectivity index (χ0n) is 16.1. The van der Waals surface area contributed by atoms with Gasteiger partial charge in [-0.2, -0.15) is 0 Å². The van der Waals surface area contributed by atoms with Crippen molar-refractivity contribution in [3.05, 3.63) is 23.3 Å². The molecule has 2 fully saturated rings. The molecule has 0 spiro atoms. The molecule has 1 aromatic rings. The molecule has 3 aliphatic heterocycles. The Morgan fingerprint density at radius 3 is 2.89 bits per heavy atom. The highest BCUT2D eigenvalue weighted by Crippen LogP contribution is 2.36. The number of carbonyl (C=O) groups is 2. The molecule has 4 rings (SSSR count). The Morgan fingerprint density at radius 1 is 1.36 bits per heavy atom. The number of aliphatic hydroxyl groups is 1. The number of piperazine rings is 1. The predicted octanol–water partition coefficient (Wildman–Crippen LogP) is 0.641. The predicted molar refractivity (Wildman–Crippen MR) is 101 cm³/mol. The molecule has 152 valence electrons. The first kappa shape index (κ1) is 19.3. The summed E-state index contributed by atoms with van der Waals surface area (Å²) in [5.74, 6) is 0.306. The molecule has 0 saturated carbocycles. The fraction of sp³-hybridized carbons (Fsp3) is 0.600. The molecule has 2 saturated heterocycles. The zero-order valence-corrected chi connectivity index (χ0v) is 16.1. The van der Waals surface area contributed by atoms with Crippen LogP contribution in [0.3, 0.4) is 0 Å². The van der Waals surface area contributed by atoms with Crippen LogP contribution in [-0.2, 0) is 20.9 Å². The molecule has 8 nitrogen and oxygen atoms in total. The summed E-state index contributed by atoms with van der Waals surface area (Å²) in [7, 11) is 1.54. The molecule has 3 aliphatic rings. The summed E-state index contributed by atoms with van der Waals surface area (Å²) in [5.41, 5.74) is 1.94. The van der Waals surface area contributed by atoms with Crippen LogP contribution in [0, 0.1) is 0 Å². The molecule has 1 aromatic carbocycles. The van der Waals surface area contributed by atoms with E-state index in [1.807, 2.05) is 0 Å². The number of hydrogen-bond acceptors (Lipinski definition) is 8. The first-order valence-corrected chi connectivity index (χ1v) is 9.71. The van der Waals surface area contributed by atoms with E-state index in [1.165, 1.54) is 0 Å². The first-order valence-electron chi connectivity index (χ1n) is 9.71. The van der Waals surface area contributed by atoms with Crippen molar-refractivity contribution >= 4 is 17.3 Å². The fourth-order valence-corrected chi connectivity index (χ4v) is 4.13. The van der Waals surface area contributed by atoms with E-state index in [-0.39, 0.29) is 11.6 Å². The highest BCUT2D eigenvalue weighted by Gasteiger charge is 2.40. The summed E-state index contributed by atoms with van der Waals surface area (Å²) in [5, 5.41) is 14.1. The van der Waals surface area contributed by atoms with E-state index in [9.17, 15) is 14.7 Å². The van der Waals surface area contributed by atoms with Gasteiger partial charge in [0.15, 0.2) is 11.6 Å². The quantitative estimate of drug-likeness (QED) is 0.773. The number of hydrogen-bond donors (Lipinski definition) is 2. The maximum atomic E-state index is 12.8. The fourth-order valence-electron chi connectivity index (χ4n) is 4.13. The first-order chi connectivity index (χ1) is 13.5. The summed E-state index contributed by atoms with van der Waals surface area (Å²) in [6.45, 7) is 3.64. The van der Waals surface area contributed by atoms with Crippen molar-refractivity contribution in [1.29, 1.82) is 0 Å². The van der Waals surface area contributed by atoms with E-state index < -0.39 is 24.5 Å². The number of aliphatic hydroxyl groups excluding tert-OH is 1. The minimum Gasteiger partial charge on any atom is -0.495 e. The van der Waals surface area contributed by atoms with E-state index in [2.05, 4.69) is 5.32 Å². The molecule has 28 heavy (non-hydrogen) atoms. The maximum absolute atomic E-state index is 12.8. The molecular formula is C20H26N2O6. The molecule has 0 aromatic heterocycles. The second-order valence-corrected chi connectivity index (χ2v) is 7.44. The number of ether oxygens (including phenoxy) is 3. The Bertz CT molecular complexity index is 776. The van der Waals surface area contributed by atoms with Crippen LogP contribution in [0.4, 0.5) is 5.69 Å². The normalized spacial score (nSPS) is 30.2. The highest BCUT2D eigenvalue weighted by molar-refractivity contribution is 6.02. The van der Waals surface area contributed by atoms with Crippen molar-refractivity contribution in [1.82, 2.24) is 5.32 Å².